The van der Waals surface area contributed by atoms with Crippen LogP contribution in [0, 0.1) is 11.8 Å². The molecule has 2 rings (SSSR count). The SMILES string of the molecule is CCN(CCNC(=O)C1CCCC1CN)C1CC1. The minimum Gasteiger partial charge on any atom is -0.355 e. The van der Waals surface area contributed by atoms with Gasteiger partial charge in [-0.2, -0.15) is 0 Å². The molecule has 2 atom stereocenters. The molecule has 0 heterocycles. The van der Waals surface area contributed by atoms with Crippen molar-refractivity contribution >= 4 is 5.91 Å². The Morgan fingerprint density at radius 3 is 2.72 bits per heavy atom. The molecule has 0 bridgehead atoms. The third-order valence-electron chi connectivity index (χ3n) is 4.47. The standard InChI is InChI=1S/C14H27N3O/c1-2-17(12-6-7-12)9-8-16-14(18)13-5-3-4-11(13)10-15/h11-13H,2-10,15H2,1H3,(H,16,18). The predicted molar refractivity (Wildman–Crippen MR) is 73.2 cm³/mol. The maximum absolute atomic E-state index is 12.1. The van der Waals surface area contributed by atoms with Crippen LogP contribution in [0.3, 0.4) is 0 Å². The fourth-order valence-electron chi connectivity index (χ4n) is 3.16. The Bertz CT molecular complexity index is 278. The molecule has 0 saturated heterocycles. The lowest BCUT2D eigenvalue weighted by atomic mass is 9.95. The summed E-state index contributed by atoms with van der Waals surface area (Å²) in [6.07, 6.45) is 5.97. The molecule has 2 aliphatic carbocycles. The van der Waals surface area contributed by atoms with Gasteiger partial charge in [-0.15, -0.1) is 0 Å². The van der Waals surface area contributed by atoms with Crippen LogP contribution < -0.4 is 11.1 Å². The Kier molecular flexibility index (Phi) is 5.01. The number of carbonyl (C=O) groups excluding carboxylic acids is 1. The van der Waals surface area contributed by atoms with Gasteiger partial charge in [0.15, 0.2) is 0 Å². The maximum Gasteiger partial charge on any atom is 0.223 e. The van der Waals surface area contributed by atoms with Gasteiger partial charge in [-0.3, -0.25) is 9.69 Å². The molecule has 2 fully saturated rings. The van der Waals surface area contributed by atoms with Crippen LogP contribution in [0.15, 0.2) is 0 Å². The molecule has 0 spiro atoms. The summed E-state index contributed by atoms with van der Waals surface area (Å²) in [5, 5.41) is 3.10. The van der Waals surface area contributed by atoms with E-state index in [-0.39, 0.29) is 11.8 Å². The zero-order valence-corrected chi connectivity index (χ0v) is 11.5. The molecule has 2 unspecified atom stereocenters. The quantitative estimate of drug-likeness (QED) is 0.710. The average molecular weight is 253 g/mol. The predicted octanol–water partition coefficient (Wildman–Crippen LogP) is 0.962. The van der Waals surface area contributed by atoms with Gasteiger partial charge in [0.25, 0.3) is 0 Å². The molecule has 0 aromatic heterocycles. The van der Waals surface area contributed by atoms with E-state index in [2.05, 4.69) is 17.1 Å². The largest absolute Gasteiger partial charge is 0.355 e. The zero-order valence-electron chi connectivity index (χ0n) is 11.5. The van der Waals surface area contributed by atoms with Crippen LogP contribution in [-0.4, -0.2) is 43.0 Å². The first-order valence-corrected chi connectivity index (χ1v) is 7.48. The van der Waals surface area contributed by atoms with E-state index >= 15 is 0 Å². The van der Waals surface area contributed by atoms with E-state index in [1.165, 1.54) is 12.8 Å². The van der Waals surface area contributed by atoms with E-state index in [4.69, 9.17) is 5.73 Å². The average Bonchev–Trinajstić information content (AvgIpc) is 3.10. The minimum atomic E-state index is 0.172. The first-order valence-electron chi connectivity index (χ1n) is 7.48. The zero-order chi connectivity index (χ0) is 13.0. The summed E-state index contributed by atoms with van der Waals surface area (Å²) in [5.41, 5.74) is 5.72. The van der Waals surface area contributed by atoms with E-state index in [9.17, 15) is 4.79 Å². The highest BCUT2D eigenvalue weighted by atomic mass is 16.1. The lowest BCUT2D eigenvalue weighted by Crippen LogP contribution is -2.40. The Morgan fingerprint density at radius 1 is 1.33 bits per heavy atom. The highest BCUT2D eigenvalue weighted by Gasteiger charge is 2.32. The molecule has 4 heteroatoms. The van der Waals surface area contributed by atoms with E-state index in [1.807, 2.05) is 0 Å². The van der Waals surface area contributed by atoms with Crippen molar-refractivity contribution in [1.29, 1.82) is 0 Å². The van der Waals surface area contributed by atoms with Gasteiger partial charge in [0.2, 0.25) is 5.91 Å². The van der Waals surface area contributed by atoms with Crippen LogP contribution in [0.2, 0.25) is 0 Å². The van der Waals surface area contributed by atoms with Crippen LogP contribution >= 0.6 is 0 Å². The van der Waals surface area contributed by atoms with E-state index < -0.39 is 0 Å². The number of nitrogens with zero attached hydrogens (tertiary/aromatic N) is 1. The number of carbonyl (C=O) groups is 1. The van der Waals surface area contributed by atoms with Crippen molar-refractivity contribution in [2.75, 3.05) is 26.2 Å². The number of nitrogens with two attached hydrogens (primary N) is 1. The molecule has 2 aliphatic rings. The summed E-state index contributed by atoms with van der Waals surface area (Å²) in [5.74, 6) is 0.816. The third-order valence-corrected chi connectivity index (χ3v) is 4.47. The van der Waals surface area contributed by atoms with Crippen molar-refractivity contribution in [3.8, 4) is 0 Å². The number of nitrogens with one attached hydrogen (secondary N) is 1. The molecule has 104 valence electrons. The second-order valence-electron chi connectivity index (χ2n) is 5.68. The fraction of sp³-hybridized carbons (Fsp3) is 0.929. The van der Waals surface area contributed by atoms with Crippen LogP contribution in [0.4, 0.5) is 0 Å². The summed E-state index contributed by atoms with van der Waals surface area (Å²) < 4.78 is 0. The molecule has 3 N–H and O–H groups in total. The molecule has 18 heavy (non-hydrogen) atoms. The fourth-order valence-corrected chi connectivity index (χ4v) is 3.16. The molecule has 0 aliphatic heterocycles. The van der Waals surface area contributed by atoms with Crippen molar-refractivity contribution in [2.24, 2.45) is 17.6 Å². The normalized spacial score (nSPS) is 27.7. The Morgan fingerprint density at radius 2 is 2.11 bits per heavy atom. The summed E-state index contributed by atoms with van der Waals surface area (Å²) >= 11 is 0. The summed E-state index contributed by atoms with van der Waals surface area (Å²) in [4.78, 5) is 14.6. The Balaban J connectivity index is 1.67. The summed E-state index contributed by atoms with van der Waals surface area (Å²) in [6.45, 7) is 5.72. The third kappa shape index (κ3) is 3.45. The van der Waals surface area contributed by atoms with E-state index in [0.717, 1.165) is 44.9 Å². The van der Waals surface area contributed by atoms with Gasteiger partial charge < -0.3 is 11.1 Å². The van der Waals surface area contributed by atoms with Crippen LogP contribution in [0.25, 0.3) is 0 Å². The molecule has 0 aromatic carbocycles. The molecule has 0 aromatic rings. The van der Waals surface area contributed by atoms with Crippen LogP contribution in [-0.2, 0) is 4.79 Å². The molecule has 2 saturated carbocycles. The number of amides is 1. The maximum atomic E-state index is 12.1. The second-order valence-corrected chi connectivity index (χ2v) is 5.68. The Labute approximate surface area is 110 Å². The van der Waals surface area contributed by atoms with Crippen molar-refractivity contribution in [3.63, 3.8) is 0 Å². The highest BCUT2D eigenvalue weighted by molar-refractivity contribution is 5.79. The monoisotopic (exact) mass is 253 g/mol. The van der Waals surface area contributed by atoms with Gasteiger partial charge in [-0.25, -0.2) is 0 Å². The lowest BCUT2D eigenvalue weighted by molar-refractivity contribution is -0.126. The van der Waals surface area contributed by atoms with Gasteiger partial charge in [-0.05, 0) is 44.7 Å². The van der Waals surface area contributed by atoms with Crippen molar-refractivity contribution in [1.82, 2.24) is 10.2 Å². The van der Waals surface area contributed by atoms with Gasteiger partial charge in [0, 0.05) is 25.0 Å². The number of hydrogen-bond acceptors (Lipinski definition) is 3. The topological polar surface area (TPSA) is 58.4 Å². The minimum absolute atomic E-state index is 0.172. The molecule has 0 radical (unpaired) electrons. The first kappa shape index (κ1) is 13.8. The first-order chi connectivity index (χ1) is 8.76. The van der Waals surface area contributed by atoms with Gasteiger partial charge >= 0.3 is 0 Å². The van der Waals surface area contributed by atoms with Crippen molar-refractivity contribution in [2.45, 2.75) is 45.1 Å². The molecular weight excluding hydrogens is 226 g/mol. The number of hydrogen-bond donors (Lipinski definition) is 2. The van der Waals surface area contributed by atoms with Crippen molar-refractivity contribution < 1.29 is 4.79 Å². The summed E-state index contributed by atoms with van der Waals surface area (Å²) in [6, 6.07) is 0.787. The van der Waals surface area contributed by atoms with Gasteiger partial charge in [0.1, 0.15) is 0 Å². The van der Waals surface area contributed by atoms with Crippen molar-refractivity contribution in [3.05, 3.63) is 0 Å². The number of likely N-dealkylation sites (N-methyl/N-ethyl adjacent to an activating group) is 1. The van der Waals surface area contributed by atoms with Gasteiger partial charge in [-0.1, -0.05) is 13.3 Å². The van der Waals surface area contributed by atoms with Gasteiger partial charge in [0.05, 0.1) is 0 Å². The molecule has 1 amide bonds. The van der Waals surface area contributed by atoms with E-state index in [1.54, 1.807) is 0 Å². The summed E-state index contributed by atoms with van der Waals surface area (Å²) in [7, 11) is 0. The second kappa shape index (κ2) is 6.53. The van der Waals surface area contributed by atoms with E-state index in [0.29, 0.717) is 12.5 Å². The smallest absolute Gasteiger partial charge is 0.223 e. The Hall–Kier alpha value is -0.610. The molecule has 4 nitrogen and oxygen atoms in total. The number of rotatable bonds is 7. The molecular formula is C14H27N3O. The van der Waals surface area contributed by atoms with Crippen LogP contribution in [0.1, 0.15) is 39.0 Å². The lowest BCUT2D eigenvalue weighted by Gasteiger charge is -2.21. The highest BCUT2D eigenvalue weighted by Crippen LogP contribution is 2.31. The van der Waals surface area contributed by atoms with Crippen LogP contribution in [0.5, 0.6) is 0 Å².